The summed E-state index contributed by atoms with van der Waals surface area (Å²) in [4.78, 5) is 22.7. The van der Waals surface area contributed by atoms with Crippen LogP contribution in [0, 0.1) is 0 Å². The molecule has 1 amide bonds. The normalized spacial score (nSPS) is 14.9. The Balaban J connectivity index is 1.50. The molecule has 3 aromatic rings. The quantitative estimate of drug-likeness (QED) is 0.739. The SMILES string of the molecule is O=C(c1ccc(Cn2cnc3cnccc32)cc1)N1CCOCC1. The van der Waals surface area contributed by atoms with Crippen LogP contribution < -0.4 is 0 Å². The van der Waals surface area contributed by atoms with Crippen molar-refractivity contribution in [2.45, 2.75) is 6.54 Å². The molecule has 1 saturated heterocycles. The number of imidazole rings is 1. The Kier molecular flexibility index (Phi) is 3.96. The highest BCUT2D eigenvalue weighted by Gasteiger charge is 2.18. The number of carbonyl (C=O) groups is 1. The van der Waals surface area contributed by atoms with Crippen LogP contribution in [0.3, 0.4) is 0 Å². The number of ether oxygens (including phenoxy) is 1. The number of hydrogen-bond acceptors (Lipinski definition) is 4. The maximum atomic E-state index is 12.5. The first-order valence-corrected chi connectivity index (χ1v) is 8.02. The smallest absolute Gasteiger partial charge is 0.254 e. The molecule has 1 aliphatic heterocycles. The number of pyridine rings is 1. The summed E-state index contributed by atoms with van der Waals surface area (Å²) in [5.41, 5.74) is 3.79. The van der Waals surface area contributed by atoms with Gasteiger partial charge >= 0.3 is 0 Å². The van der Waals surface area contributed by atoms with Gasteiger partial charge in [0.15, 0.2) is 0 Å². The second kappa shape index (κ2) is 6.41. The number of hydrogen-bond donors (Lipinski definition) is 0. The Bertz CT molecular complexity index is 851. The average Bonchev–Trinajstić information content (AvgIpc) is 3.06. The highest BCUT2D eigenvalue weighted by Crippen LogP contribution is 2.14. The van der Waals surface area contributed by atoms with Crippen molar-refractivity contribution in [3.8, 4) is 0 Å². The molecule has 0 aliphatic carbocycles. The van der Waals surface area contributed by atoms with Crippen LogP contribution in [-0.2, 0) is 11.3 Å². The fourth-order valence-corrected chi connectivity index (χ4v) is 2.94. The van der Waals surface area contributed by atoms with Gasteiger partial charge < -0.3 is 14.2 Å². The standard InChI is InChI=1S/C18H18N4O2/c23-18(21-7-9-24-10-8-21)15-3-1-14(2-4-15)12-22-13-20-16-11-19-6-5-17(16)22/h1-6,11,13H,7-10,12H2. The summed E-state index contributed by atoms with van der Waals surface area (Å²) in [6.45, 7) is 3.27. The Morgan fingerprint density at radius 1 is 1.12 bits per heavy atom. The van der Waals surface area contributed by atoms with Crippen molar-refractivity contribution in [1.82, 2.24) is 19.4 Å². The molecule has 0 unspecified atom stereocenters. The number of benzene rings is 1. The van der Waals surface area contributed by atoms with Crippen molar-refractivity contribution >= 4 is 16.9 Å². The highest BCUT2D eigenvalue weighted by molar-refractivity contribution is 5.94. The van der Waals surface area contributed by atoms with E-state index >= 15 is 0 Å². The van der Waals surface area contributed by atoms with E-state index < -0.39 is 0 Å². The minimum Gasteiger partial charge on any atom is -0.378 e. The molecule has 3 heterocycles. The molecule has 0 saturated carbocycles. The zero-order chi connectivity index (χ0) is 16.4. The van der Waals surface area contributed by atoms with Crippen molar-refractivity contribution in [3.05, 3.63) is 60.2 Å². The van der Waals surface area contributed by atoms with Gasteiger partial charge in [-0.1, -0.05) is 12.1 Å². The number of amides is 1. The number of carbonyl (C=O) groups excluding carboxylic acids is 1. The molecule has 0 spiro atoms. The Labute approximate surface area is 139 Å². The Morgan fingerprint density at radius 3 is 2.71 bits per heavy atom. The fraction of sp³-hybridized carbons (Fsp3) is 0.278. The third-order valence-corrected chi connectivity index (χ3v) is 4.28. The summed E-state index contributed by atoms with van der Waals surface area (Å²) in [6.07, 6.45) is 5.35. The molecule has 6 heteroatoms. The molecule has 1 fully saturated rings. The van der Waals surface area contributed by atoms with Gasteiger partial charge in [0.05, 0.1) is 31.3 Å². The maximum Gasteiger partial charge on any atom is 0.254 e. The van der Waals surface area contributed by atoms with E-state index in [2.05, 4.69) is 14.5 Å². The van der Waals surface area contributed by atoms with Gasteiger partial charge in [-0.25, -0.2) is 4.98 Å². The third kappa shape index (κ3) is 2.88. The minimum absolute atomic E-state index is 0.0732. The summed E-state index contributed by atoms with van der Waals surface area (Å²) in [5.74, 6) is 0.0732. The van der Waals surface area contributed by atoms with Gasteiger partial charge in [-0.2, -0.15) is 0 Å². The lowest BCUT2D eigenvalue weighted by Gasteiger charge is -2.26. The van der Waals surface area contributed by atoms with Crippen molar-refractivity contribution < 1.29 is 9.53 Å². The minimum atomic E-state index is 0.0732. The second-order valence-corrected chi connectivity index (χ2v) is 5.84. The highest BCUT2D eigenvalue weighted by atomic mass is 16.5. The van der Waals surface area contributed by atoms with Crippen molar-refractivity contribution in [2.24, 2.45) is 0 Å². The van der Waals surface area contributed by atoms with E-state index in [-0.39, 0.29) is 5.91 Å². The summed E-state index contributed by atoms with van der Waals surface area (Å²) in [5, 5.41) is 0. The molecule has 0 radical (unpaired) electrons. The van der Waals surface area contributed by atoms with Gasteiger partial charge in [-0.05, 0) is 23.8 Å². The number of aromatic nitrogens is 3. The van der Waals surface area contributed by atoms with Gasteiger partial charge in [0.25, 0.3) is 5.91 Å². The van der Waals surface area contributed by atoms with Gasteiger partial charge in [0.1, 0.15) is 5.52 Å². The van der Waals surface area contributed by atoms with E-state index in [9.17, 15) is 4.79 Å². The Morgan fingerprint density at radius 2 is 1.92 bits per heavy atom. The van der Waals surface area contributed by atoms with Gasteiger partial charge in [0.2, 0.25) is 0 Å². The lowest BCUT2D eigenvalue weighted by molar-refractivity contribution is 0.0303. The molecule has 0 bridgehead atoms. The van der Waals surface area contributed by atoms with E-state index in [4.69, 9.17) is 4.74 Å². The molecule has 2 aromatic heterocycles. The first kappa shape index (κ1) is 14.8. The van der Waals surface area contributed by atoms with E-state index in [0.717, 1.165) is 22.2 Å². The summed E-state index contributed by atoms with van der Waals surface area (Å²) in [6, 6.07) is 9.75. The number of morpholine rings is 1. The molecule has 1 aromatic carbocycles. The zero-order valence-electron chi connectivity index (χ0n) is 13.3. The number of nitrogens with zero attached hydrogens (tertiary/aromatic N) is 4. The van der Waals surface area contributed by atoms with Crippen LogP contribution >= 0.6 is 0 Å². The van der Waals surface area contributed by atoms with Crippen LogP contribution in [0.15, 0.2) is 49.1 Å². The van der Waals surface area contributed by atoms with Crippen molar-refractivity contribution in [3.63, 3.8) is 0 Å². The van der Waals surface area contributed by atoms with Gasteiger partial charge in [-0.15, -0.1) is 0 Å². The first-order valence-electron chi connectivity index (χ1n) is 8.02. The van der Waals surface area contributed by atoms with E-state index in [0.29, 0.717) is 32.8 Å². The number of rotatable bonds is 3. The van der Waals surface area contributed by atoms with E-state index in [1.54, 1.807) is 12.4 Å². The molecule has 0 N–H and O–H groups in total. The predicted molar refractivity (Wildman–Crippen MR) is 89.8 cm³/mol. The monoisotopic (exact) mass is 322 g/mol. The molecule has 0 atom stereocenters. The van der Waals surface area contributed by atoms with Crippen LogP contribution in [-0.4, -0.2) is 51.6 Å². The summed E-state index contributed by atoms with van der Waals surface area (Å²) < 4.78 is 7.37. The topological polar surface area (TPSA) is 60.2 Å². The van der Waals surface area contributed by atoms with Crippen LogP contribution in [0.4, 0.5) is 0 Å². The molecular weight excluding hydrogens is 304 g/mol. The number of fused-ring (bicyclic) bond motifs is 1. The van der Waals surface area contributed by atoms with Gasteiger partial charge in [-0.3, -0.25) is 9.78 Å². The zero-order valence-corrected chi connectivity index (χ0v) is 13.3. The van der Waals surface area contributed by atoms with Crippen LogP contribution in [0.5, 0.6) is 0 Å². The summed E-state index contributed by atoms with van der Waals surface area (Å²) >= 11 is 0. The summed E-state index contributed by atoms with van der Waals surface area (Å²) in [7, 11) is 0. The van der Waals surface area contributed by atoms with E-state index in [1.807, 2.05) is 41.6 Å². The average molecular weight is 322 g/mol. The Hall–Kier alpha value is -2.73. The largest absolute Gasteiger partial charge is 0.378 e. The fourth-order valence-electron chi connectivity index (χ4n) is 2.94. The molecular formula is C18H18N4O2. The molecule has 1 aliphatic rings. The van der Waals surface area contributed by atoms with E-state index in [1.165, 1.54) is 0 Å². The second-order valence-electron chi connectivity index (χ2n) is 5.84. The molecule has 122 valence electrons. The van der Waals surface area contributed by atoms with Crippen LogP contribution in [0.2, 0.25) is 0 Å². The van der Waals surface area contributed by atoms with Crippen molar-refractivity contribution in [1.29, 1.82) is 0 Å². The lowest BCUT2D eigenvalue weighted by atomic mass is 10.1. The van der Waals surface area contributed by atoms with Gasteiger partial charge in [0, 0.05) is 31.4 Å². The lowest BCUT2D eigenvalue weighted by Crippen LogP contribution is -2.40. The third-order valence-electron chi connectivity index (χ3n) is 4.28. The first-order chi connectivity index (χ1) is 11.8. The maximum absolute atomic E-state index is 12.5. The molecule has 4 rings (SSSR count). The van der Waals surface area contributed by atoms with Crippen LogP contribution in [0.1, 0.15) is 15.9 Å². The predicted octanol–water partition coefficient (Wildman–Crippen LogP) is 1.95. The molecule has 24 heavy (non-hydrogen) atoms. The van der Waals surface area contributed by atoms with Crippen molar-refractivity contribution in [2.75, 3.05) is 26.3 Å². The molecule has 6 nitrogen and oxygen atoms in total. The van der Waals surface area contributed by atoms with Crippen LogP contribution in [0.25, 0.3) is 11.0 Å².